The molecule has 3 amide bonds. The molecule has 1 aromatic carbocycles. The lowest BCUT2D eigenvalue weighted by Crippen LogP contribution is -2.42. The van der Waals surface area contributed by atoms with Crippen molar-refractivity contribution in [3.05, 3.63) is 52.2 Å². The number of hydrogen-bond donors (Lipinski definition) is 2. The van der Waals surface area contributed by atoms with Gasteiger partial charge in [0.1, 0.15) is 11.9 Å². The molecule has 0 saturated carbocycles. The summed E-state index contributed by atoms with van der Waals surface area (Å²) in [7, 11) is 0. The second-order valence-electron chi connectivity index (χ2n) is 6.37. The van der Waals surface area contributed by atoms with Gasteiger partial charge in [0, 0.05) is 10.4 Å². The zero-order chi connectivity index (χ0) is 20.4. The van der Waals surface area contributed by atoms with E-state index >= 15 is 0 Å². The lowest BCUT2D eigenvalue weighted by molar-refractivity contribution is -0.128. The van der Waals surface area contributed by atoms with Gasteiger partial charge in [0.15, 0.2) is 5.17 Å². The lowest BCUT2D eigenvalue weighted by atomic mass is 10.1. The largest absolute Gasteiger partial charge is 0.369 e. The number of amidine groups is 2. The molecule has 1 atom stereocenters. The Morgan fingerprint density at radius 2 is 2.07 bits per heavy atom. The minimum absolute atomic E-state index is 0.00989. The van der Waals surface area contributed by atoms with Crippen LogP contribution in [0.4, 0.5) is 5.69 Å². The second kappa shape index (κ2) is 8.18. The summed E-state index contributed by atoms with van der Waals surface area (Å²) in [6, 6.07) is 10.3. The number of primary amides is 1. The van der Waals surface area contributed by atoms with Crippen molar-refractivity contribution in [1.82, 2.24) is 10.2 Å². The van der Waals surface area contributed by atoms with Gasteiger partial charge in [0.05, 0.1) is 24.4 Å². The van der Waals surface area contributed by atoms with Crippen LogP contribution >= 0.6 is 23.1 Å². The number of carbonyl (C=O) groups excluding carboxylic acids is 3. The highest BCUT2D eigenvalue weighted by atomic mass is 32.2. The van der Waals surface area contributed by atoms with E-state index in [9.17, 15) is 14.4 Å². The maximum absolute atomic E-state index is 13.0. The zero-order valence-corrected chi connectivity index (χ0v) is 16.8. The van der Waals surface area contributed by atoms with Gasteiger partial charge in [-0.15, -0.1) is 11.3 Å². The van der Waals surface area contributed by atoms with Crippen LogP contribution in [0.25, 0.3) is 0 Å². The van der Waals surface area contributed by atoms with Crippen molar-refractivity contribution in [2.75, 3.05) is 5.75 Å². The first-order valence-corrected chi connectivity index (χ1v) is 10.7. The van der Waals surface area contributed by atoms with Gasteiger partial charge in [-0.1, -0.05) is 30.0 Å². The standard InChI is InChI=1S/C19H17N5O3S2/c20-15(25)10-29-19-23-13-6-2-1-5-12(13)17-22-14(18(27)24(17)19)8-16(26)21-9-11-4-3-7-28-11/h1-7,14H,8-10H2,(H2,20,25)(H,21,26)/t14-/m1/s1. The van der Waals surface area contributed by atoms with Crippen LogP contribution in [0.1, 0.15) is 16.9 Å². The van der Waals surface area contributed by atoms with Crippen molar-refractivity contribution in [2.24, 2.45) is 15.7 Å². The number of nitrogens with one attached hydrogen (secondary N) is 1. The number of aliphatic imine (C=N–C) groups is 2. The van der Waals surface area contributed by atoms with E-state index in [2.05, 4.69) is 15.3 Å². The predicted molar refractivity (Wildman–Crippen MR) is 113 cm³/mol. The van der Waals surface area contributed by atoms with Gasteiger partial charge in [-0.05, 0) is 23.6 Å². The molecule has 4 rings (SSSR count). The number of fused-ring (bicyclic) bond motifs is 3. The lowest BCUT2D eigenvalue weighted by Gasteiger charge is -2.25. The molecule has 148 valence electrons. The molecule has 0 unspecified atom stereocenters. The molecule has 29 heavy (non-hydrogen) atoms. The Morgan fingerprint density at radius 3 is 2.83 bits per heavy atom. The second-order valence-corrected chi connectivity index (χ2v) is 8.34. The first-order valence-electron chi connectivity index (χ1n) is 8.83. The highest BCUT2D eigenvalue weighted by Gasteiger charge is 2.42. The van der Waals surface area contributed by atoms with Crippen molar-refractivity contribution < 1.29 is 14.4 Å². The summed E-state index contributed by atoms with van der Waals surface area (Å²) in [5.41, 5.74) is 6.61. The topological polar surface area (TPSA) is 117 Å². The molecular weight excluding hydrogens is 410 g/mol. The van der Waals surface area contributed by atoms with Gasteiger partial charge in [-0.2, -0.15) is 0 Å². The van der Waals surface area contributed by atoms with Gasteiger partial charge in [-0.3, -0.25) is 19.4 Å². The van der Waals surface area contributed by atoms with Gasteiger partial charge >= 0.3 is 0 Å². The van der Waals surface area contributed by atoms with Crippen LogP contribution in [-0.2, 0) is 20.9 Å². The predicted octanol–water partition coefficient (Wildman–Crippen LogP) is 1.63. The van der Waals surface area contributed by atoms with Crippen molar-refractivity contribution >= 4 is 57.5 Å². The maximum atomic E-state index is 13.0. The number of nitrogens with zero attached hydrogens (tertiary/aromatic N) is 3. The van der Waals surface area contributed by atoms with E-state index in [0.717, 1.165) is 16.6 Å². The van der Waals surface area contributed by atoms with Crippen molar-refractivity contribution in [3.8, 4) is 0 Å². The van der Waals surface area contributed by atoms with E-state index in [0.29, 0.717) is 28.8 Å². The minimum Gasteiger partial charge on any atom is -0.369 e. The quantitative estimate of drug-likeness (QED) is 0.729. The number of thioether (sulfide) groups is 1. The van der Waals surface area contributed by atoms with Gasteiger partial charge in [0.2, 0.25) is 11.8 Å². The first kappa shape index (κ1) is 19.3. The average Bonchev–Trinajstić information content (AvgIpc) is 3.33. The summed E-state index contributed by atoms with van der Waals surface area (Å²) < 4.78 is 0. The van der Waals surface area contributed by atoms with E-state index in [4.69, 9.17) is 5.73 Å². The van der Waals surface area contributed by atoms with Crippen LogP contribution in [0.2, 0.25) is 0 Å². The molecule has 0 aliphatic carbocycles. The number of hydrogen-bond acceptors (Lipinski definition) is 7. The summed E-state index contributed by atoms with van der Waals surface area (Å²) in [5, 5.41) is 5.10. The molecule has 8 nitrogen and oxygen atoms in total. The summed E-state index contributed by atoms with van der Waals surface area (Å²) in [5.74, 6) is -0.659. The van der Waals surface area contributed by atoms with Crippen LogP contribution in [-0.4, -0.2) is 45.4 Å². The highest BCUT2D eigenvalue weighted by Crippen LogP contribution is 2.33. The van der Waals surface area contributed by atoms with Crippen LogP contribution in [0, 0.1) is 0 Å². The van der Waals surface area contributed by atoms with E-state index in [1.807, 2.05) is 41.8 Å². The smallest absolute Gasteiger partial charge is 0.259 e. The van der Waals surface area contributed by atoms with Crippen molar-refractivity contribution in [1.29, 1.82) is 0 Å². The monoisotopic (exact) mass is 427 g/mol. The van der Waals surface area contributed by atoms with E-state index < -0.39 is 11.9 Å². The number of amides is 3. The van der Waals surface area contributed by atoms with Crippen LogP contribution in [0.15, 0.2) is 51.8 Å². The van der Waals surface area contributed by atoms with Gasteiger partial charge < -0.3 is 11.1 Å². The highest BCUT2D eigenvalue weighted by molar-refractivity contribution is 8.14. The van der Waals surface area contributed by atoms with Crippen LogP contribution in [0.3, 0.4) is 0 Å². The third kappa shape index (κ3) is 4.08. The van der Waals surface area contributed by atoms with Gasteiger partial charge in [-0.25, -0.2) is 9.89 Å². The molecule has 3 N–H and O–H groups in total. The normalized spacial score (nSPS) is 17.3. The third-order valence-corrected chi connectivity index (χ3v) is 6.15. The Kier molecular flexibility index (Phi) is 5.45. The van der Waals surface area contributed by atoms with Crippen molar-refractivity contribution in [3.63, 3.8) is 0 Å². The fourth-order valence-corrected chi connectivity index (χ4v) is 4.40. The van der Waals surface area contributed by atoms with Crippen LogP contribution < -0.4 is 11.1 Å². The zero-order valence-electron chi connectivity index (χ0n) is 15.2. The van der Waals surface area contributed by atoms with Crippen LogP contribution in [0.5, 0.6) is 0 Å². The van der Waals surface area contributed by atoms with E-state index in [-0.39, 0.29) is 24.0 Å². The van der Waals surface area contributed by atoms with E-state index in [1.54, 1.807) is 11.3 Å². The summed E-state index contributed by atoms with van der Waals surface area (Å²) in [6.07, 6.45) is -0.0554. The maximum Gasteiger partial charge on any atom is 0.259 e. The molecule has 10 heteroatoms. The van der Waals surface area contributed by atoms with Gasteiger partial charge in [0.25, 0.3) is 5.91 Å². The molecule has 1 aromatic heterocycles. The summed E-state index contributed by atoms with van der Waals surface area (Å²) in [6.45, 7) is 0.418. The molecule has 0 saturated heterocycles. The molecule has 0 fully saturated rings. The molecule has 0 spiro atoms. The Morgan fingerprint density at radius 1 is 1.24 bits per heavy atom. The Balaban J connectivity index is 1.54. The third-order valence-electron chi connectivity index (χ3n) is 4.31. The average molecular weight is 428 g/mol. The number of benzene rings is 1. The molecule has 0 bridgehead atoms. The Hall–Kier alpha value is -2.98. The molecule has 3 heterocycles. The molecular formula is C19H17N5O3S2. The number of nitrogens with two attached hydrogens (primary N) is 1. The fraction of sp³-hybridized carbons (Fsp3) is 0.211. The number of para-hydroxylation sites is 1. The Labute approximate surface area is 174 Å². The fourth-order valence-electron chi connectivity index (χ4n) is 3.01. The summed E-state index contributed by atoms with van der Waals surface area (Å²) in [4.78, 5) is 48.0. The number of carbonyl (C=O) groups is 3. The molecule has 0 radical (unpaired) electrons. The number of thiophene rings is 1. The molecule has 2 aliphatic rings. The first-order chi connectivity index (χ1) is 14.0. The summed E-state index contributed by atoms with van der Waals surface area (Å²) >= 11 is 2.63. The van der Waals surface area contributed by atoms with Crippen molar-refractivity contribution in [2.45, 2.75) is 19.0 Å². The Bertz CT molecular complexity index is 1030. The number of rotatable bonds is 6. The SMILES string of the molecule is NC(=O)CSC1=Nc2ccccc2C2=N[C@H](CC(=O)NCc3cccs3)C(=O)N12. The molecule has 2 aromatic rings. The minimum atomic E-state index is -0.834. The van der Waals surface area contributed by atoms with E-state index in [1.165, 1.54) is 4.90 Å². The molecule has 2 aliphatic heterocycles.